The van der Waals surface area contributed by atoms with Crippen LogP contribution in [-0.2, 0) is 30.9 Å². The molecule has 0 aromatic carbocycles. The summed E-state index contributed by atoms with van der Waals surface area (Å²) >= 11 is 0. The van der Waals surface area contributed by atoms with E-state index in [1.165, 1.54) is 42.0 Å². The lowest BCUT2D eigenvalue weighted by molar-refractivity contribution is 0.0800. The highest BCUT2D eigenvalue weighted by Crippen LogP contribution is 2.20. The Morgan fingerprint density at radius 2 is 1.41 bits per heavy atom. The van der Waals surface area contributed by atoms with Gasteiger partial charge in [0.05, 0.1) is 42.5 Å². The molecule has 2 aliphatic rings. The summed E-state index contributed by atoms with van der Waals surface area (Å²) in [6.45, 7) is 16.5. The van der Waals surface area contributed by atoms with E-state index in [1.54, 1.807) is 6.20 Å². The number of nitrogens with zero attached hydrogens (tertiary/aromatic N) is 6. The van der Waals surface area contributed by atoms with Gasteiger partial charge in [-0.25, -0.2) is 0 Å². The van der Waals surface area contributed by atoms with Gasteiger partial charge in [0, 0.05) is 18.4 Å². The van der Waals surface area contributed by atoms with Crippen LogP contribution in [-0.4, -0.2) is 36.4 Å². The Morgan fingerprint density at radius 3 is 1.91 bits per heavy atom. The maximum absolute atomic E-state index is 5.33. The predicted octanol–water partition coefficient (Wildman–Crippen LogP) is 6.12. The van der Waals surface area contributed by atoms with Crippen molar-refractivity contribution >= 4 is 0 Å². The van der Waals surface area contributed by atoms with Crippen LogP contribution in [0.5, 0.6) is 0 Å². The normalized spacial score (nSPS) is 14.4. The third-order valence-electron chi connectivity index (χ3n) is 5.88. The Balaban J connectivity index is 0.000000180. The molecule has 7 heteroatoms. The van der Waals surface area contributed by atoms with E-state index in [9.17, 15) is 0 Å². The van der Waals surface area contributed by atoms with Crippen LogP contribution < -0.4 is 0 Å². The van der Waals surface area contributed by atoms with Gasteiger partial charge in [-0.1, -0.05) is 49.0 Å². The van der Waals surface area contributed by atoms with Gasteiger partial charge >= 0.3 is 0 Å². The molecule has 7 nitrogen and oxygen atoms in total. The molecule has 0 bridgehead atoms. The van der Waals surface area contributed by atoms with Gasteiger partial charge in [0.2, 0.25) is 0 Å². The molecule has 0 saturated carbocycles. The molecular formula is C27H44N6O. The van der Waals surface area contributed by atoms with E-state index >= 15 is 0 Å². The van der Waals surface area contributed by atoms with Gasteiger partial charge in [-0.05, 0) is 61.3 Å². The van der Waals surface area contributed by atoms with E-state index in [1.807, 2.05) is 12.1 Å². The average molecular weight is 469 g/mol. The first-order valence-electron chi connectivity index (χ1n) is 12.3. The van der Waals surface area contributed by atoms with Gasteiger partial charge in [0.1, 0.15) is 0 Å². The zero-order valence-corrected chi connectivity index (χ0v) is 21.2. The number of aromatic nitrogens is 6. The Labute approximate surface area is 205 Å². The van der Waals surface area contributed by atoms with Crippen molar-refractivity contribution in [3.8, 4) is 0 Å². The molecule has 0 unspecified atom stereocenters. The first-order chi connectivity index (χ1) is 15.8. The first kappa shape index (κ1) is 27.7. The molecule has 34 heavy (non-hydrogen) atoms. The Hall–Kier alpha value is -2.54. The molecule has 0 radical (unpaired) electrons. The van der Waals surface area contributed by atoms with Crippen LogP contribution in [0.3, 0.4) is 0 Å². The molecule has 0 atom stereocenters. The predicted molar refractivity (Wildman–Crippen MR) is 138 cm³/mol. The van der Waals surface area contributed by atoms with Crippen molar-refractivity contribution in [3.05, 3.63) is 58.9 Å². The maximum atomic E-state index is 5.33. The van der Waals surface area contributed by atoms with E-state index in [0.717, 1.165) is 32.0 Å². The second-order valence-corrected chi connectivity index (χ2v) is 9.69. The van der Waals surface area contributed by atoms with E-state index < -0.39 is 0 Å². The minimum absolute atomic E-state index is 0. The summed E-state index contributed by atoms with van der Waals surface area (Å²) in [5, 5.41) is 16.7. The maximum Gasteiger partial charge on any atom is 0.0885 e. The Bertz CT molecular complexity index is 869. The van der Waals surface area contributed by atoms with Gasteiger partial charge in [-0.15, -0.1) is 0 Å². The van der Waals surface area contributed by atoms with Gasteiger partial charge in [-0.3, -0.25) is 9.36 Å². The van der Waals surface area contributed by atoms with E-state index in [4.69, 9.17) is 4.74 Å². The number of aryl methyl sites for hydroxylation is 2. The molecule has 188 valence electrons. The summed E-state index contributed by atoms with van der Waals surface area (Å²) < 4.78 is 9.56. The molecule has 3 aromatic rings. The smallest absolute Gasteiger partial charge is 0.0885 e. The Morgan fingerprint density at radius 1 is 0.794 bits per heavy atom. The highest BCUT2D eigenvalue weighted by atomic mass is 16.5. The summed E-state index contributed by atoms with van der Waals surface area (Å²) in [5.74, 6) is 1.57. The summed E-state index contributed by atoms with van der Waals surface area (Å²) in [4.78, 5) is 0. The van der Waals surface area contributed by atoms with Crippen molar-refractivity contribution in [1.82, 2.24) is 29.8 Å². The number of hydrogen-bond acceptors (Lipinski definition) is 5. The second kappa shape index (κ2) is 13.4. The fraction of sp³-hybridized carbons (Fsp3) is 0.630. The van der Waals surface area contributed by atoms with Gasteiger partial charge < -0.3 is 4.74 Å². The number of rotatable bonds is 3. The van der Waals surface area contributed by atoms with Gasteiger partial charge in [-0.2, -0.15) is 20.4 Å². The van der Waals surface area contributed by atoms with Crippen molar-refractivity contribution in [2.75, 3.05) is 6.61 Å². The van der Waals surface area contributed by atoms with Crippen LogP contribution in [0.15, 0.2) is 30.5 Å². The second-order valence-electron chi connectivity index (χ2n) is 9.69. The summed E-state index contributed by atoms with van der Waals surface area (Å²) in [5.41, 5.74) is 6.13. The van der Waals surface area contributed by atoms with Crippen LogP contribution in [0.4, 0.5) is 0 Å². The summed E-state index contributed by atoms with van der Waals surface area (Å²) in [6.07, 6.45) is 5.54. The van der Waals surface area contributed by atoms with E-state index in [-0.39, 0.29) is 7.43 Å². The summed E-state index contributed by atoms with van der Waals surface area (Å²) in [7, 11) is 0. The number of fused-ring (bicyclic) bond motifs is 2. The van der Waals surface area contributed by atoms with Crippen molar-refractivity contribution in [2.24, 2.45) is 0 Å². The van der Waals surface area contributed by atoms with Crippen LogP contribution in [0.1, 0.15) is 108 Å². The number of hydrogen-bond donors (Lipinski definition) is 0. The quantitative estimate of drug-likeness (QED) is 0.463. The molecule has 5 heterocycles. The molecule has 0 saturated heterocycles. The van der Waals surface area contributed by atoms with Gasteiger partial charge in [0.25, 0.3) is 0 Å². The molecule has 5 rings (SSSR count). The standard InChI is InChI=1S/C10H16N2.C9H14N2O.C7H10N2.CH4/c1-8(2)10-7-9-5-3-4-6-12(9)11-10;1-7(2)9-5-8-6-12-4-3-11(8)10-9;1-6(2)7-4-3-5-8-9-7;/h7-8H,3-6H2,1-2H3;5,7H,3-4,6H2,1-2H3;3-6H,1-2H3;1H4. The molecule has 0 N–H and O–H groups in total. The lowest BCUT2D eigenvalue weighted by Crippen LogP contribution is -2.16. The molecule has 2 aliphatic heterocycles. The third-order valence-corrected chi connectivity index (χ3v) is 5.88. The minimum Gasteiger partial charge on any atom is -0.373 e. The Kier molecular flexibility index (Phi) is 10.9. The van der Waals surface area contributed by atoms with Crippen LogP contribution in [0.2, 0.25) is 0 Å². The third kappa shape index (κ3) is 7.76. The zero-order chi connectivity index (χ0) is 23.8. The fourth-order valence-corrected chi connectivity index (χ4v) is 3.74. The SMILES string of the molecule is C.CC(C)c1cc2n(n1)CCCC2.CC(C)c1cc2n(n1)CCOC2.CC(C)c1cccnn1. The highest BCUT2D eigenvalue weighted by molar-refractivity contribution is 5.15. The van der Waals surface area contributed by atoms with Crippen LogP contribution in [0.25, 0.3) is 0 Å². The molecule has 3 aromatic heterocycles. The highest BCUT2D eigenvalue weighted by Gasteiger charge is 2.14. The molecule has 0 amide bonds. The van der Waals surface area contributed by atoms with Crippen LogP contribution in [0, 0.1) is 0 Å². The molecule has 0 spiro atoms. The monoisotopic (exact) mass is 468 g/mol. The minimum atomic E-state index is 0. The lowest BCUT2D eigenvalue weighted by Gasteiger charge is -2.13. The van der Waals surface area contributed by atoms with E-state index in [2.05, 4.69) is 83.4 Å². The molecule has 0 aliphatic carbocycles. The first-order valence-corrected chi connectivity index (χ1v) is 12.3. The lowest BCUT2D eigenvalue weighted by atomic mass is 10.1. The average Bonchev–Trinajstić information content (AvgIpc) is 3.45. The zero-order valence-electron chi connectivity index (χ0n) is 21.2. The largest absolute Gasteiger partial charge is 0.373 e. The van der Waals surface area contributed by atoms with Crippen molar-refractivity contribution in [1.29, 1.82) is 0 Å². The summed E-state index contributed by atoms with van der Waals surface area (Å²) in [6, 6.07) is 8.30. The molecular weight excluding hydrogens is 424 g/mol. The van der Waals surface area contributed by atoms with Crippen LogP contribution >= 0.6 is 0 Å². The fourth-order valence-electron chi connectivity index (χ4n) is 3.74. The van der Waals surface area contributed by atoms with Crippen molar-refractivity contribution in [2.45, 2.75) is 106 Å². The van der Waals surface area contributed by atoms with Crippen molar-refractivity contribution < 1.29 is 4.74 Å². The topological polar surface area (TPSA) is 70.7 Å². The van der Waals surface area contributed by atoms with E-state index in [0.29, 0.717) is 17.8 Å². The molecule has 0 fully saturated rings. The van der Waals surface area contributed by atoms with Gasteiger partial charge in [0.15, 0.2) is 0 Å². The number of ether oxygens (including phenoxy) is 1. The van der Waals surface area contributed by atoms with Crippen molar-refractivity contribution in [3.63, 3.8) is 0 Å².